The Morgan fingerprint density at radius 1 is 1.12 bits per heavy atom. The Balaban J connectivity index is 1.21. The minimum Gasteiger partial charge on any atom is -0.353 e. The summed E-state index contributed by atoms with van der Waals surface area (Å²) in [6.45, 7) is 2.83. The van der Waals surface area contributed by atoms with Gasteiger partial charge in [0.2, 0.25) is 11.9 Å². The molecule has 6 rings (SSSR count). The fraction of sp³-hybridized carbons (Fsp3) is 0.792. The Hall–Kier alpha value is -1.77. The van der Waals surface area contributed by atoms with Gasteiger partial charge in [-0.15, -0.1) is 0 Å². The fourth-order valence-corrected chi connectivity index (χ4v) is 6.01. The first-order valence-electron chi connectivity index (χ1n) is 12.7. The molecule has 1 aromatic heterocycles. The van der Waals surface area contributed by atoms with Crippen molar-refractivity contribution < 1.29 is 14.3 Å². The topological polar surface area (TPSA) is 88.6 Å². The van der Waals surface area contributed by atoms with Crippen molar-refractivity contribution in [3.63, 3.8) is 0 Å². The quantitative estimate of drug-likeness (QED) is 0.726. The third kappa shape index (κ3) is 3.80. The van der Waals surface area contributed by atoms with Crippen molar-refractivity contribution in [3.05, 3.63) is 11.8 Å². The number of rotatable bonds is 5. The van der Waals surface area contributed by atoms with E-state index in [-0.39, 0.29) is 29.8 Å². The predicted octanol–water partition coefficient (Wildman–Crippen LogP) is 2.87. The second-order valence-corrected chi connectivity index (χ2v) is 10.2. The van der Waals surface area contributed by atoms with Crippen LogP contribution in [0.1, 0.15) is 76.2 Å². The Morgan fingerprint density at radius 2 is 2.00 bits per heavy atom. The van der Waals surface area contributed by atoms with E-state index in [0.717, 1.165) is 95.3 Å². The number of carbonyl (C=O) groups excluding carboxylic acids is 1. The summed E-state index contributed by atoms with van der Waals surface area (Å²) in [7, 11) is 0. The van der Waals surface area contributed by atoms with Crippen LogP contribution in [0, 0.1) is 0 Å². The van der Waals surface area contributed by atoms with Crippen LogP contribution in [0.4, 0.5) is 11.8 Å². The summed E-state index contributed by atoms with van der Waals surface area (Å²) in [6, 6.07) is 0.530. The molecule has 2 saturated heterocycles. The first kappa shape index (κ1) is 20.8. The number of nitrogens with one attached hydrogen (secondary N) is 2. The summed E-state index contributed by atoms with van der Waals surface area (Å²) < 4.78 is 12.1. The summed E-state index contributed by atoms with van der Waals surface area (Å²) in [5.74, 6) is 1.74. The predicted molar refractivity (Wildman–Crippen MR) is 121 cm³/mol. The summed E-state index contributed by atoms with van der Waals surface area (Å²) >= 11 is 0. The van der Waals surface area contributed by atoms with Crippen LogP contribution in [0.2, 0.25) is 0 Å². The minimum atomic E-state index is -0.358. The van der Waals surface area contributed by atoms with E-state index in [9.17, 15) is 4.79 Å². The molecule has 5 aliphatic rings. The highest BCUT2D eigenvalue weighted by Crippen LogP contribution is 2.57. The number of fused-ring (bicyclic) bond motifs is 2. The second-order valence-electron chi connectivity index (χ2n) is 10.2. The summed E-state index contributed by atoms with van der Waals surface area (Å²) in [5, 5.41) is 6.91. The van der Waals surface area contributed by atoms with Gasteiger partial charge < -0.3 is 20.1 Å². The monoisotopic (exact) mass is 441 g/mol. The number of aromatic nitrogens is 2. The van der Waals surface area contributed by atoms with E-state index in [1.807, 2.05) is 11.1 Å². The van der Waals surface area contributed by atoms with Crippen LogP contribution in [-0.2, 0) is 19.7 Å². The molecule has 3 atom stereocenters. The molecule has 4 fully saturated rings. The normalized spacial score (nSPS) is 32.2. The molecule has 0 bridgehead atoms. The van der Waals surface area contributed by atoms with Crippen LogP contribution < -0.4 is 15.5 Å². The van der Waals surface area contributed by atoms with Crippen molar-refractivity contribution in [1.29, 1.82) is 0 Å². The molecule has 8 nitrogen and oxygen atoms in total. The molecule has 1 spiro atoms. The summed E-state index contributed by atoms with van der Waals surface area (Å²) in [4.78, 5) is 25.2. The largest absolute Gasteiger partial charge is 0.353 e. The lowest BCUT2D eigenvalue weighted by atomic mass is 9.91. The number of carbonyl (C=O) groups is 1. The van der Waals surface area contributed by atoms with Gasteiger partial charge in [-0.1, -0.05) is 0 Å². The van der Waals surface area contributed by atoms with Crippen molar-refractivity contribution in [2.24, 2.45) is 0 Å². The average Bonchev–Trinajstić information content (AvgIpc) is 3.59. The van der Waals surface area contributed by atoms with Crippen LogP contribution in [0.5, 0.6) is 0 Å². The van der Waals surface area contributed by atoms with Crippen molar-refractivity contribution in [2.75, 3.05) is 29.9 Å². The van der Waals surface area contributed by atoms with E-state index in [1.54, 1.807) is 0 Å². The Morgan fingerprint density at radius 3 is 2.78 bits per heavy atom. The van der Waals surface area contributed by atoms with Gasteiger partial charge in [0.15, 0.2) is 6.29 Å². The van der Waals surface area contributed by atoms with E-state index in [4.69, 9.17) is 14.5 Å². The molecule has 4 heterocycles. The molecule has 2 aliphatic carbocycles. The van der Waals surface area contributed by atoms with E-state index >= 15 is 0 Å². The standard InChI is InChI=1S/C24H35N5O3/c30-22-24(9-10-24)19-15-26-23(27-16-7-11-25-12-8-16)28-21(19)29(22)17-4-3-5-18(14-17)32-20-6-1-2-13-31-20/h15-18,20,25H,1-14H2,(H,26,27,28)/t17-,18-,20?/m1/s1. The van der Waals surface area contributed by atoms with Crippen molar-refractivity contribution in [1.82, 2.24) is 15.3 Å². The first-order chi connectivity index (χ1) is 15.7. The third-order valence-corrected chi connectivity index (χ3v) is 8.01. The summed E-state index contributed by atoms with van der Waals surface area (Å²) in [6.07, 6.45) is 13.2. The van der Waals surface area contributed by atoms with Gasteiger partial charge in [0.25, 0.3) is 0 Å². The molecule has 8 heteroatoms. The zero-order valence-electron chi connectivity index (χ0n) is 18.9. The maximum Gasteiger partial charge on any atom is 0.239 e. The number of ether oxygens (including phenoxy) is 2. The maximum atomic E-state index is 13.6. The molecule has 0 aromatic carbocycles. The Bertz CT molecular complexity index is 848. The highest BCUT2D eigenvalue weighted by Gasteiger charge is 2.61. The van der Waals surface area contributed by atoms with Gasteiger partial charge >= 0.3 is 0 Å². The lowest BCUT2D eigenvalue weighted by molar-refractivity contribution is -0.193. The van der Waals surface area contributed by atoms with Crippen LogP contribution >= 0.6 is 0 Å². The molecule has 0 radical (unpaired) electrons. The highest BCUT2D eigenvalue weighted by atomic mass is 16.7. The molecule has 1 amide bonds. The molecular formula is C24H35N5O3. The third-order valence-electron chi connectivity index (χ3n) is 8.01. The van der Waals surface area contributed by atoms with E-state index in [1.165, 1.54) is 6.42 Å². The lowest BCUT2D eigenvalue weighted by Gasteiger charge is -2.37. The SMILES string of the molecule is O=C1N([C@@H]2CCC[C@@H](OC3CCCCO3)C2)c2nc(NC3CCNCC3)ncc2C12CC2. The van der Waals surface area contributed by atoms with Gasteiger partial charge in [0, 0.05) is 30.5 Å². The number of piperidine rings is 1. The number of hydrogen-bond donors (Lipinski definition) is 2. The van der Waals surface area contributed by atoms with Crippen molar-refractivity contribution in [3.8, 4) is 0 Å². The van der Waals surface area contributed by atoms with Gasteiger partial charge in [0.1, 0.15) is 5.82 Å². The highest BCUT2D eigenvalue weighted by molar-refractivity contribution is 6.09. The van der Waals surface area contributed by atoms with Gasteiger partial charge in [-0.3, -0.25) is 9.69 Å². The van der Waals surface area contributed by atoms with E-state index < -0.39 is 0 Å². The molecule has 32 heavy (non-hydrogen) atoms. The Labute approximate surface area is 189 Å². The van der Waals surface area contributed by atoms with Crippen molar-refractivity contribution in [2.45, 2.75) is 101 Å². The van der Waals surface area contributed by atoms with E-state index in [2.05, 4.69) is 15.6 Å². The zero-order chi connectivity index (χ0) is 21.5. The van der Waals surface area contributed by atoms with E-state index in [0.29, 0.717) is 12.0 Å². The Kier molecular flexibility index (Phi) is 5.55. The second kappa shape index (κ2) is 8.54. The number of amides is 1. The molecular weight excluding hydrogens is 406 g/mol. The lowest BCUT2D eigenvalue weighted by Crippen LogP contribution is -2.45. The van der Waals surface area contributed by atoms with Crippen molar-refractivity contribution >= 4 is 17.7 Å². The molecule has 1 aromatic rings. The van der Waals surface area contributed by atoms with Gasteiger partial charge in [0.05, 0.1) is 11.5 Å². The number of hydrogen-bond acceptors (Lipinski definition) is 7. The molecule has 174 valence electrons. The average molecular weight is 442 g/mol. The van der Waals surface area contributed by atoms with Gasteiger partial charge in [-0.25, -0.2) is 4.98 Å². The fourth-order valence-electron chi connectivity index (χ4n) is 6.01. The molecule has 2 saturated carbocycles. The summed E-state index contributed by atoms with van der Waals surface area (Å²) in [5.41, 5.74) is 0.681. The van der Waals surface area contributed by atoms with Crippen LogP contribution in [0.25, 0.3) is 0 Å². The van der Waals surface area contributed by atoms with Gasteiger partial charge in [-0.05, 0) is 83.7 Å². The van der Waals surface area contributed by atoms with Crippen LogP contribution in [-0.4, -0.2) is 60.0 Å². The minimum absolute atomic E-state index is 0.0769. The molecule has 3 aliphatic heterocycles. The zero-order valence-corrected chi connectivity index (χ0v) is 18.9. The van der Waals surface area contributed by atoms with Crippen LogP contribution in [0.3, 0.4) is 0 Å². The number of anilines is 2. The first-order valence-corrected chi connectivity index (χ1v) is 12.7. The van der Waals surface area contributed by atoms with Gasteiger partial charge in [-0.2, -0.15) is 4.98 Å². The number of nitrogens with zero attached hydrogens (tertiary/aromatic N) is 3. The molecule has 1 unspecified atom stereocenters. The smallest absolute Gasteiger partial charge is 0.239 e. The molecule has 2 N–H and O–H groups in total. The maximum absolute atomic E-state index is 13.6. The van der Waals surface area contributed by atoms with Crippen LogP contribution in [0.15, 0.2) is 6.20 Å².